The smallest absolute Gasteiger partial charge is 0.0459 e. The number of rotatable bonds is 3. The van der Waals surface area contributed by atoms with Crippen LogP contribution in [-0.2, 0) is 0 Å². The minimum Gasteiger partial charge on any atom is -0.367 e. The molecule has 1 unspecified atom stereocenters. The lowest BCUT2D eigenvalue weighted by atomic mass is 9.91. The number of para-hydroxylation sites is 1. The van der Waals surface area contributed by atoms with Gasteiger partial charge in [-0.1, -0.05) is 18.2 Å². The number of hydrogen-bond donors (Lipinski definition) is 3. The van der Waals surface area contributed by atoms with E-state index >= 15 is 0 Å². The second-order valence-corrected chi connectivity index (χ2v) is 4.64. The second-order valence-electron chi connectivity index (χ2n) is 4.64. The van der Waals surface area contributed by atoms with Crippen molar-refractivity contribution >= 4 is 10.9 Å². The SMILES string of the molecule is Cc1[nH]c2ccccc2c1C(CN)c1cc[nH]c1. The molecule has 0 saturated heterocycles. The maximum Gasteiger partial charge on any atom is 0.0459 e. The molecule has 3 heteroatoms. The Morgan fingerprint density at radius 3 is 2.78 bits per heavy atom. The van der Waals surface area contributed by atoms with Crippen LogP contribution in [0.5, 0.6) is 0 Å². The van der Waals surface area contributed by atoms with Crippen molar-refractivity contribution in [3.8, 4) is 0 Å². The summed E-state index contributed by atoms with van der Waals surface area (Å²) in [5.74, 6) is 0.243. The van der Waals surface area contributed by atoms with Crippen LogP contribution in [-0.4, -0.2) is 16.5 Å². The summed E-state index contributed by atoms with van der Waals surface area (Å²) < 4.78 is 0. The van der Waals surface area contributed by atoms with Crippen molar-refractivity contribution in [2.24, 2.45) is 5.73 Å². The van der Waals surface area contributed by atoms with E-state index in [0.717, 1.165) is 0 Å². The Balaban J connectivity index is 2.21. The first kappa shape index (κ1) is 11.1. The lowest BCUT2D eigenvalue weighted by molar-refractivity contribution is 0.819. The highest BCUT2D eigenvalue weighted by molar-refractivity contribution is 5.85. The van der Waals surface area contributed by atoms with E-state index < -0.39 is 0 Å². The number of hydrogen-bond acceptors (Lipinski definition) is 1. The number of aromatic nitrogens is 2. The molecule has 2 heterocycles. The Bertz CT molecular complexity index is 649. The van der Waals surface area contributed by atoms with Gasteiger partial charge in [0.1, 0.15) is 0 Å². The molecule has 3 rings (SSSR count). The summed E-state index contributed by atoms with van der Waals surface area (Å²) in [6, 6.07) is 10.5. The van der Waals surface area contributed by atoms with Crippen molar-refractivity contribution in [1.82, 2.24) is 9.97 Å². The normalized spacial score (nSPS) is 13.0. The molecular formula is C15H17N3. The standard InChI is InChI=1S/C15H17N3/c1-10-15(12-4-2-3-5-14(12)18-10)13(8-16)11-6-7-17-9-11/h2-7,9,13,17-18H,8,16H2,1H3. The first-order valence-electron chi connectivity index (χ1n) is 6.21. The first-order valence-corrected chi connectivity index (χ1v) is 6.21. The van der Waals surface area contributed by atoms with Gasteiger partial charge in [-0.2, -0.15) is 0 Å². The summed E-state index contributed by atoms with van der Waals surface area (Å²) in [5.41, 5.74) is 10.9. The van der Waals surface area contributed by atoms with Gasteiger partial charge in [0.05, 0.1) is 0 Å². The van der Waals surface area contributed by atoms with Gasteiger partial charge in [0.2, 0.25) is 0 Å². The van der Waals surface area contributed by atoms with Crippen LogP contribution >= 0.6 is 0 Å². The van der Waals surface area contributed by atoms with Gasteiger partial charge < -0.3 is 15.7 Å². The van der Waals surface area contributed by atoms with Gasteiger partial charge in [-0.05, 0) is 30.2 Å². The Morgan fingerprint density at radius 1 is 1.22 bits per heavy atom. The van der Waals surface area contributed by atoms with Crippen molar-refractivity contribution in [2.75, 3.05) is 6.54 Å². The van der Waals surface area contributed by atoms with Crippen LogP contribution in [0.25, 0.3) is 10.9 Å². The maximum absolute atomic E-state index is 5.99. The maximum atomic E-state index is 5.99. The fraction of sp³-hybridized carbons (Fsp3) is 0.200. The quantitative estimate of drug-likeness (QED) is 0.646. The predicted octanol–water partition coefficient (Wildman–Crippen LogP) is 2.90. The van der Waals surface area contributed by atoms with E-state index in [1.807, 2.05) is 12.4 Å². The van der Waals surface area contributed by atoms with Crippen molar-refractivity contribution in [1.29, 1.82) is 0 Å². The highest BCUT2D eigenvalue weighted by Crippen LogP contribution is 2.32. The molecule has 92 valence electrons. The van der Waals surface area contributed by atoms with Crippen molar-refractivity contribution in [3.05, 3.63) is 59.5 Å². The summed E-state index contributed by atoms with van der Waals surface area (Å²) in [6.07, 6.45) is 3.97. The van der Waals surface area contributed by atoms with Crippen LogP contribution in [0, 0.1) is 6.92 Å². The van der Waals surface area contributed by atoms with E-state index in [0.29, 0.717) is 6.54 Å². The minimum absolute atomic E-state index is 0.243. The molecule has 0 radical (unpaired) electrons. The molecule has 1 atom stereocenters. The Morgan fingerprint density at radius 2 is 2.06 bits per heavy atom. The number of nitrogens with one attached hydrogen (secondary N) is 2. The summed E-state index contributed by atoms with van der Waals surface area (Å²) in [5, 5.41) is 1.27. The molecule has 0 amide bonds. The Kier molecular flexibility index (Phi) is 2.68. The lowest BCUT2D eigenvalue weighted by Gasteiger charge is -2.14. The van der Waals surface area contributed by atoms with Gasteiger partial charge in [-0.3, -0.25) is 0 Å². The van der Waals surface area contributed by atoms with E-state index in [1.54, 1.807) is 0 Å². The third-order valence-electron chi connectivity index (χ3n) is 3.55. The monoisotopic (exact) mass is 239 g/mol. The van der Waals surface area contributed by atoms with Crippen molar-refractivity contribution < 1.29 is 0 Å². The fourth-order valence-corrected chi connectivity index (χ4v) is 2.72. The predicted molar refractivity (Wildman–Crippen MR) is 74.7 cm³/mol. The summed E-state index contributed by atoms with van der Waals surface area (Å²) in [6.45, 7) is 2.73. The molecule has 0 aliphatic rings. The largest absolute Gasteiger partial charge is 0.367 e. The molecule has 0 aliphatic carbocycles. The Labute approximate surface area is 106 Å². The highest BCUT2D eigenvalue weighted by Gasteiger charge is 2.19. The van der Waals surface area contributed by atoms with Crippen LogP contribution in [0.1, 0.15) is 22.7 Å². The van der Waals surface area contributed by atoms with Gasteiger partial charge in [-0.25, -0.2) is 0 Å². The van der Waals surface area contributed by atoms with Crippen LogP contribution in [0.2, 0.25) is 0 Å². The molecule has 18 heavy (non-hydrogen) atoms. The van der Waals surface area contributed by atoms with Gasteiger partial charge >= 0.3 is 0 Å². The van der Waals surface area contributed by atoms with Gasteiger partial charge in [0, 0.05) is 41.5 Å². The zero-order valence-electron chi connectivity index (χ0n) is 10.4. The molecule has 0 aliphatic heterocycles. The molecule has 0 bridgehead atoms. The van der Waals surface area contributed by atoms with Crippen molar-refractivity contribution in [3.63, 3.8) is 0 Å². The number of benzene rings is 1. The molecule has 0 saturated carbocycles. The van der Waals surface area contributed by atoms with Crippen LogP contribution in [0.4, 0.5) is 0 Å². The van der Waals surface area contributed by atoms with Crippen LogP contribution in [0.3, 0.4) is 0 Å². The average Bonchev–Trinajstić information content (AvgIpc) is 2.99. The third kappa shape index (κ3) is 1.64. The minimum atomic E-state index is 0.243. The fourth-order valence-electron chi connectivity index (χ4n) is 2.72. The van der Waals surface area contributed by atoms with E-state index in [1.165, 1.54) is 27.7 Å². The summed E-state index contributed by atoms with van der Waals surface area (Å²) in [4.78, 5) is 6.55. The first-order chi connectivity index (χ1) is 8.81. The molecular weight excluding hydrogens is 222 g/mol. The van der Waals surface area contributed by atoms with E-state index in [4.69, 9.17) is 5.73 Å². The Hall–Kier alpha value is -2.00. The highest BCUT2D eigenvalue weighted by atomic mass is 14.7. The molecule has 4 N–H and O–H groups in total. The second kappa shape index (κ2) is 4.35. The molecule has 0 spiro atoms. The molecule has 0 fully saturated rings. The number of H-pyrrole nitrogens is 2. The number of aromatic amines is 2. The van der Waals surface area contributed by atoms with E-state index in [2.05, 4.69) is 47.2 Å². The molecule has 3 aromatic rings. The number of aryl methyl sites for hydroxylation is 1. The molecule has 3 nitrogen and oxygen atoms in total. The van der Waals surface area contributed by atoms with Gasteiger partial charge in [0.25, 0.3) is 0 Å². The average molecular weight is 239 g/mol. The number of nitrogens with two attached hydrogens (primary N) is 1. The van der Waals surface area contributed by atoms with Gasteiger partial charge in [0.15, 0.2) is 0 Å². The topological polar surface area (TPSA) is 57.6 Å². The molecule has 2 aromatic heterocycles. The molecule has 1 aromatic carbocycles. The summed E-state index contributed by atoms with van der Waals surface area (Å²) in [7, 11) is 0. The zero-order chi connectivity index (χ0) is 12.5. The number of fused-ring (bicyclic) bond motifs is 1. The zero-order valence-corrected chi connectivity index (χ0v) is 10.4. The van der Waals surface area contributed by atoms with E-state index in [9.17, 15) is 0 Å². The van der Waals surface area contributed by atoms with Crippen LogP contribution < -0.4 is 5.73 Å². The van der Waals surface area contributed by atoms with Gasteiger partial charge in [-0.15, -0.1) is 0 Å². The van der Waals surface area contributed by atoms with Crippen molar-refractivity contribution in [2.45, 2.75) is 12.8 Å². The lowest BCUT2D eigenvalue weighted by Crippen LogP contribution is -2.13. The summed E-state index contributed by atoms with van der Waals surface area (Å²) >= 11 is 0. The van der Waals surface area contributed by atoms with Crippen LogP contribution in [0.15, 0.2) is 42.7 Å². The van der Waals surface area contributed by atoms with E-state index in [-0.39, 0.29) is 5.92 Å². The third-order valence-corrected chi connectivity index (χ3v) is 3.55.